The molecule has 2 amide bonds. The van der Waals surface area contributed by atoms with E-state index >= 15 is 0 Å². The Bertz CT molecular complexity index is 1110. The van der Waals surface area contributed by atoms with Crippen LogP contribution in [0.25, 0.3) is 0 Å². The minimum atomic E-state index is -0.995. The topological polar surface area (TPSA) is 175 Å². The Kier molecular flexibility index (Phi) is 15.6. The van der Waals surface area contributed by atoms with E-state index in [2.05, 4.69) is 15.5 Å². The molecule has 11 heteroatoms. The Morgan fingerprint density at radius 3 is 2.45 bits per heavy atom. The summed E-state index contributed by atoms with van der Waals surface area (Å²) >= 11 is 0. The number of nitrogens with one attached hydrogen (secondary N) is 2. The average molecular weight is 585 g/mol. The number of nitrogens with zero attached hydrogens (tertiary/aromatic N) is 1. The van der Waals surface area contributed by atoms with Gasteiger partial charge in [-0.1, -0.05) is 30.3 Å². The van der Waals surface area contributed by atoms with E-state index in [-0.39, 0.29) is 25.0 Å². The minimum absolute atomic E-state index is 0.0995. The lowest BCUT2D eigenvalue weighted by atomic mass is 10.0. The first-order chi connectivity index (χ1) is 20.2. The number of hydrogen-bond acceptors (Lipinski definition) is 9. The Balaban J connectivity index is 0.000000675. The van der Waals surface area contributed by atoms with Crippen molar-refractivity contribution in [3.05, 3.63) is 59.2 Å². The molecule has 0 fully saturated rings. The maximum Gasteiger partial charge on any atom is 0.242 e. The molecule has 8 N–H and O–H groups in total. The van der Waals surface area contributed by atoms with Crippen molar-refractivity contribution >= 4 is 18.1 Å². The lowest BCUT2D eigenvalue weighted by Crippen LogP contribution is -2.51. The van der Waals surface area contributed by atoms with Gasteiger partial charge in [0.25, 0.3) is 0 Å². The SMILES string of the molecule is CCOc1cc2c(cc1CNC(=O)C(CCc1ccccc1)NC(=O)C(N)CC=O)OC(C)C2.CN(CCN)CCN. The van der Waals surface area contributed by atoms with E-state index in [0.29, 0.717) is 31.5 Å². The minimum Gasteiger partial charge on any atom is -0.494 e. The number of carbonyl (C=O) groups excluding carboxylic acids is 3. The zero-order valence-corrected chi connectivity index (χ0v) is 25.1. The van der Waals surface area contributed by atoms with Crippen molar-refractivity contribution in [3.63, 3.8) is 0 Å². The van der Waals surface area contributed by atoms with Gasteiger partial charge in [-0.05, 0) is 51.4 Å². The summed E-state index contributed by atoms with van der Waals surface area (Å²) in [5, 5.41) is 5.62. The molecule has 3 atom stereocenters. The largest absolute Gasteiger partial charge is 0.494 e. The second-order valence-corrected chi connectivity index (χ2v) is 10.3. The third kappa shape index (κ3) is 11.8. The summed E-state index contributed by atoms with van der Waals surface area (Å²) < 4.78 is 11.6. The Labute approximate surface area is 249 Å². The quantitative estimate of drug-likeness (QED) is 0.180. The molecule has 232 valence electrons. The van der Waals surface area contributed by atoms with E-state index in [4.69, 9.17) is 26.7 Å². The van der Waals surface area contributed by atoms with Crippen LogP contribution in [-0.4, -0.2) is 81.0 Å². The highest BCUT2D eigenvalue weighted by molar-refractivity contribution is 5.90. The molecule has 1 aliphatic heterocycles. The van der Waals surface area contributed by atoms with Gasteiger partial charge in [0, 0.05) is 56.7 Å². The highest BCUT2D eigenvalue weighted by Gasteiger charge is 2.25. The van der Waals surface area contributed by atoms with Crippen molar-refractivity contribution in [2.45, 2.75) is 64.3 Å². The number of nitrogens with two attached hydrogens (primary N) is 3. The summed E-state index contributed by atoms with van der Waals surface area (Å²) in [5.41, 5.74) is 19.3. The van der Waals surface area contributed by atoms with Crippen LogP contribution >= 0.6 is 0 Å². The number of aldehydes is 1. The zero-order valence-electron chi connectivity index (χ0n) is 25.1. The van der Waals surface area contributed by atoms with Gasteiger partial charge in [-0.3, -0.25) is 9.59 Å². The highest BCUT2D eigenvalue weighted by Crippen LogP contribution is 2.35. The van der Waals surface area contributed by atoms with Crippen LogP contribution in [0.3, 0.4) is 0 Å². The van der Waals surface area contributed by atoms with Crippen LogP contribution in [0, 0.1) is 0 Å². The average Bonchev–Trinajstić information content (AvgIpc) is 3.33. The van der Waals surface area contributed by atoms with E-state index in [1.54, 1.807) is 0 Å². The highest BCUT2D eigenvalue weighted by atomic mass is 16.5. The number of amides is 2. The second kappa shape index (κ2) is 18.8. The molecule has 3 rings (SSSR count). The molecule has 0 aromatic heterocycles. The Hall–Kier alpha value is -3.51. The van der Waals surface area contributed by atoms with E-state index in [1.807, 2.05) is 63.4 Å². The first-order valence-electron chi connectivity index (χ1n) is 14.6. The van der Waals surface area contributed by atoms with Crippen LogP contribution in [-0.2, 0) is 33.8 Å². The van der Waals surface area contributed by atoms with Gasteiger partial charge in [-0.15, -0.1) is 0 Å². The van der Waals surface area contributed by atoms with E-state index in [9.17, 15) is 14.4 Å². The first kappa shape index (κ1) is 34.7. The molecule has 0 aliphatic carbocycles. The van der Waals surface area contributed by atoms with Crippen molar-refractivity contribution < 1.29 is 23.9 Å². The van der Waals surface area contributed by atoms with Crippen LogP contribution in [0.2, 0.25) is 0 Å². The normalized spacial score (nSPS) is 15.0. The zero-order chi connectivity index (χ0) is 30.9. The first-order valence-corrected chi connectivity index (χ1v) is 14.6. The van der Waals surface area contributed by atoms with E-state index in [1.165, 1.54) is 0 Å². The smallest absolute Gasteiger partial charge is 0.242 e. The molecular formula is C31H48N6O5. The number of benzene rings is 2. The molecule has 3 unspecified atom stereocenters. The number of aryl methyl sites for hydroxylation is 1. The number of fused-ring (bicyclic) bond motifs is 1. The molecule has 0 saturated carbocycles. The number of ether oxygens (including phenoxy) is 2. The Morgan fingerprint density at radius 2 is 1.83 bits per heavy atom. The predicted molar refractivity (Wildman–Crippen MR) is 164 cm³/mol. The summed E-state index contributed by atoms with van der Waals surface area (Å²) in [6.45, 7) is 7.96. The summed E-state index contributed by atoms with van der Waals surface area (Å²) in [4.78, 5) is 38.4. The summed E-state index contributed by atoms with van der Waals surface area (Å²) in [5.74, 6) is 0.640. The lowest BCUT2D eigenvalue weighted by Gasteiger charge is -2.21. The molecular weight excluding hydrogens is 536 g/mol. The van der Waals surface area contributed by atoms with E-state index < -0.39 is 18.0 Å². The van der Waals surface area contributed by atoms with Crippen molar-refractivity contribution in [2.24, 2.45) is 17.2 Å². The Morgan fingerprint density at radius 1 is 1.14 bits per heavy atom. The molecule has 2 aromatic carbocycles. The van der Waals surface area contributed by atoms with Crippen LogP contribution in [0.4, 0.5) is 0 Å². The van der Waals surface area contributed by atoms with Gasteiger partial charge < -0.3 is 47.0 Å². The molecule has 1 aliphatic rings. The van der Waals surface area contributed by atoms with Gasteiger partial charge in [0.1, 0.15) is 29.9 Å². The van der Waals surface area contributed by atoms with Gasteiger partial charge >= 0.3 is 0 Å². The van der Waals surface area contributed by atoms with Gasteiger partial charge in [0.15, 0.2) is 0 Å². The van der Waals surface area contributed by atoms with Gasteiger partial charge in [-0.2, -0.15) is 0 Å². The molecule has 0 radical (unpaired) electrons. The monoisotopic (exact) mass is 584 g/mol. The van der Waals surface area contributed by atoms with Crippen molar-refractivity contribution in [1.82, 2.24) is 15.5 Å². The van der Waals surface area contributed by atoms with E-state index in [0.717, 1.165) is 55.0 Å². The standard InChI is InChI=1S/C26H33N3O5.C5H15N3/c1-3-33-23-14-19-13-17(2)34-24(19)15-20(23)16-28-26(32)22(29-25(31)21(27)11-12-30)10-9-18-7-5-4-6-8-18;1-8(4-2-6)5-3-7/h4-8,12,14-15,17,21-22H,3,9-11,13,16,27H2,1-2H3,(H,28,32)(H,29,31);2-7H2,1H3. The van der Waals surface area contributed by atoms with Crippen molar-refractivity contribution in [3.8, 4) is 11.5 Å². The van der Waals surface area contributed by atoms with Crippen molar-refractivity contribution in [1.29, 1.82) is 0 Å². The van der Waals surface area contributed by atoms with Crippen LogP contribution in [0.5, 0.6) is 11.5 Å². The number of rotatable bonds is 16. The fourth-order valence-electron chi connectivity index (χ4n) is 4.48. The number of hydrogen-bond donors (Lipinski definition) is 5. The molecule has 0 bridgehead atoms. The summed E-state index contributed by atoms with van der Waals surface area (Å²) in [6.07, 6.45) is 2.38. The summed E-state index contributed by atoms with van der Waals surface area (Å²) in [6, 6.07) is 11.8. The van der Waals surface area contributed by atoms with Crippen molar-refractivity contribution in [2.75, 3.05) is 39.8 Å². The molecule has 11 nitrogen and oxygen atoms in total. The number of carbonyl (C=O) groups is 3. The fourth-order valence-corrected chi connectivity index (χ4v) is 4.48. The van der Waals surface area contributed by atoms with Gasteiger partial charge in [0.05, 0.1) is 12.6 Å². The molecule has 1 heterocycles. The molecule has 2 aromatic rings. The third-order valence-corrected chi connectivity index (χ3v) is 6.74. The molecule has 0 saturated heterocycles. The predicted octanol–water partition coefficient (Wildman–Crippen LogP) is 0.894. The van der Waals surface area contributed by atoms with Crippen LogP contribution < -0.4 is 37.3 Å². The molecule has 42 heavy (non-hydrogen) atoms. The summed E-state index contributed by atoms with van der Waals surface area (Å²) in [7, 11) is 2.01. The lowest BCUT2D eigenvalue weighted by molar-refractivity contribution is -0.130. The number of likely N-dealkylation sites (N-methyl/N-ethyl adjacent to an activating group) is 1. The van der Waals surface area contributed by atoms with Gasteiger partial charge in [-0.25, -0.2) is 0 Å². The second-order valence-electron chi connectivity index (χ2n) is 10.3. The van der Waals surface area contributed by atoms with Gasteiger partial charge in [0.2, 0.25) is 11.8 Å². The van der Waals surface area contributed by atoms with Crippen LogP contribution in [0.1, 0.15) is 43.4 Å². The maximum atomic E-state index is 13.1. The maximum absolute atomic E-state index is 13.1. The fraction of sp³-hybridized carbons (Fsp3) is 0.516. The third-order valence-electron chi connectivity index (χ3n) is 6.74. The van der Waals surface area contributed by atoms with Crippen LogP contribution in [0.15, 0.2) is 42.5 Å². The molecule has 0 spiro atoms.